The van der Waals surface area contributed by atoms with Crippen LogP contribution in [-0.4, -0.2) is 20.4 Å². The number of carbonyl (C=O) groups is 1. The van der Waals surface area contributed by atoms with Crippen LogP contribution in [0.25, 0.3) is 0 Å². The minimum Gasteiger partial charge on any atom is -0.347 e. The molecular weight excluding hydrogens is 326 g/mol. The highest BCUT2D eigenvalue weighted by Crippen LogP contribution is 2.35. The molecule has 1 N–H and O–H groups in total. The van der Waals surface area contributed by atoms with Gasteiger partial charge >= 0.3 is 0 Å². The SMILES string of the molecule is CC(=O)N[C@@H]1c2ccccc2C[C@@H]1OS(=O)(=O)c1ccc(C)cc1. The van der Waals surface area contributed by atoms with E-state index in [-0.39, 0.29) is 10.8 Å². The molecule has 0 fully saturated rings. The van der Waals surface area contributed by atoms with Gasteiger partial charge < -0.3 is 5.32 Å². The molecule has 2 atom stereocenters. The number of hydrogen-bond acceptors (Lipinski definition) is 4. The van der Waals surface area contributed by atoms with E-state index in [0.717, 1.165) is 16.7 Å². The molecule has 0 radical (unpaired) electrons. The largest absolute Gasteiger partial charge is 0.347 e. The second-order valence-corrected chi connectivity index (χ2v) is 7.56. The summed E-state index contributed by atoms with van der Waals surface area (Å²) in [5, 5.41) is 2.80. The van der Waals surface area contributed by atoms with Gasteiger partial charge in [-0.05, 0) is 30.2 Å². The highest BCUT2D eigenvalue weighted by atomic mass is 32.2. The first-order valence-electron chi connectivity index (χ1n) is 7.72. The lowest BCUT2D eigenvalue weighted by Gasteiger charge is -2.21. The van der Waals surface area contributed by atoms with E-state index < -0.39 is 22.3 Å². The number of fused-ring (bicyclic) bond motifs is 1. The quantitative estimate of drug-likeness (QED) is 0.864. The van der Waals surface area contributed by atoms with E-state index >= 15 is 0 Å². The summed E-state index contributed by atoms with van der Waals surface area (Å²) in [5.74, 6) is -0.224. The van der Waals surface area contributed by atoms with Gasteiger partial charge in [0.2, 0.25) is 5.91 Å². The Labute approximate surface area is 141 Å². The number of benzene rings is 2. The molecule has 5 nitrogen and oxygen atoms in total. The monoisotopic (exact) mass is 345 g/mol. The zero-order valence-corrected chi connectivity index (χ0v) is 14.3. The van der Waals surface area contributed by atoms with Crippen molar-refractivity contribution in [2.75, 3.05) is 0 Å². The lowest BCUT2D eigenvalue weighted by atomic mass is 10.1. The van der Waals surface area contributed by atoms with E-state index in [1.54, 1.807) is 12.1 Å². The molecule has 0 spiro atoms. The maximum Gasteiger partial charge on any atom is 0.297 e. The molecule has 0 unspecified atom stereocenters. The van der Waals surface area contributed by atoms with Gasteiger partial charge in [0, 0.05) is 13.3 Å². The molecule has 0 saturated heterocycles. The number of aryl methyl sites for hydroxylation is 1. The van der Waals surface area contributed by atoms with E-state index in [0.29, 0.717) is 6.42 Å². The van der Waals surface area contributed by atoms with Gasteiger partial charge in [0.1, 0.15) is 6.10 Å². The highest BCUT2D eigenvalue weighted by Gasteiger charge is 2.37. The first-order chi connectivity index (χ1) is 11.4. The molecule has 1 amide bonds. The smallest absolute Gasteiger partial charge is 0.297 e. The fourth-order valence-electron chi connectivity index (χ4n) is 2.96. The minimum absolute atomic E-state index is 0.116. The second-order valence-electron chi connectivity index (χ2n) is 5.98. The highest BCUT2D eigenvalue weighted by molar-refractivity contribution is 7.86. The molecule has 3 rings (SSSR count). The van der Waals surface area contributed by atoms with E-state index in [1.165, 1.54) is 19.1 Å². The van der Waals surface area contributed by atoms with Crippen molar-refractivity contribution in [3.05, 3.63) is 65.2 Å². The topological polar surface area (TPSA) is 72.5 Å². The average Bonchev–Trinajstić information content (AvgIpc) is 2.84. The lowest BCUT2D eigenvalue weighted by molar-refractivity contribution is -0.120. The maximum absolute atomic E-state index is 12.5. The number of hydrogen-bond donors (Lipinski definition) is 1. The zero-order valence-electron chi connectivity index (χ0n) is 13.5. The zero-order chi connectivity index (χ0) is 17.3. The van der Waals surface area contributed by atoms with Gasteiger partial charge in [-0.1, -0.05) is 42.0 Å². The Kier molecular flexibility index (Phi) is 4.43. The van der Waals surface area contributed by atoms with E-state index in [2.05, 4.69) is 5.32 Å². The summed E-state index contributed by atoms with van der Waals surface area (Å²) in [4.78, 5) is 11.6. The van der Waals surface area contributed by atoms with Crippen LogP contribution in [0, 0.1) is 6.92 Å². The molecule has 2 aromatic carbocycles. The fourth-order valence-corrected chi connectivity index (χ4v) is 4.05. The lowest BCUT2D eigenvalue weighted by Crippen LogP contribution is -2.35. The molecule has 1 aliphatic rings. The Balaban J connectivity index is 1.88. The van der Waals surface area contributed by atoms with Gasteiger partial charge in [0.15, 0.2) is 0 Å². The van der Waals surface area contributed by atoms with Crippen LogP contribution in [0.5, 0.6) is 0 Å². The molecule has 0 saturated carbocycles. The van der Waals surface area contributed by atoms with Gasteiger partial charge in [-0.15, -0.1) is 0 Å². The maximum atomic E-state index is 12.5. The van der Waals surface area contributed by atoms with Gasteiger partial charge in [0.25, 0.3) is 10.1 Å². The van der Waals surface area contributed by atoms with Crippen molar-refractivity contribution in [2.45, 2.75) is 37.3 Å². The molecule has 0 aliphatic heterocycles. The van der Waals surface area contributed by atoms with Crippen LogP contribution in [0.4, 0.5) is 0 Å². The van der Waals surface area contributed by atoms with Crippen LogP contribution in [0.3, 0.4) is 0 Å². The minimum atomic E-state index is -3.90. The molecule has 0 aromatic heterocycles. The van der Waals surface area contributed by atoms with Crippen molar-refractivity contribution >= 4 is 16.0 Å². The molecule has 0 bridgehead atoms. The predicted molar refractivity (Wildman–Crippen MR) is 89.9 cm³/mol. The Morgan fingerprint density at radius 3 is 2.46 bits per heavy atom. The average molecular weight is 345 g/mol. The summed E-state index contributed by atoms with van der Waals surface area (Å²) in [6.07, 6.45) is -0.218. The first-order valence-corrected chi connectivity index (χ1v) is 9.12. The summed E-state index contributed by atoms with van der Waals surface area (Å²) in [7, 11) is -3.90. The number of rotatable bonds is 4. The van der Waals surface area contributed by atoms with Gasteiger partial charge in [-0.25, -0.2) is 0 Å². The predicted octanol–water partition coefficient (Wildman–Crippen LogP) is 2.50. The van der Waals surface area contributed by atoms with Gasteiger partial charge in [-0.3, -0.25) is 8.98 Å². The Morgan fingerprint density at radius 1 is 1.12 bits per heavy atom. The van der Waals surface area contributed by atoms with Crippen molar-refractivity contribution in [2.24, 2.45) is 0 Å². The van der Waals surface area contributed by atoms with E-state index in [1.807, 2.05) is 31.2 Å². The molecule has 126 valence electrons. The van der Waals surface area contributed by atoms with Crippen LogP contribution < -0.4 is 5.32 Å². The fraction of sp³-hybridized carbons (Fsp3) is 0.278. The number of carbonyl (C=O) groups excluding carboxylic acids is 1. The molecule has 0 heterocycles. The van der Waals surface area contributed by atoms with Crippen LogP contribution in [-0.2, 0) is 25.5 Å². The third kappa shape index (κ3) is 3.34. The van der Waals surface area contributed by atoms with Crippen LogP contribution in [0.1, 0.15) is 29.7 Å². The van der Waals surface area contributed by atoms with Gasteiger partial charge in [-0.2, -0.15) is 8.42 Å². The Morgan fingerprint density at radius 2 is 1.79 bits per heavy atom. The number of amides is 1. The summed E-state index contributed by atoms with van der Waals surface area (Å²) in [6, 6.07) is 13.6. The van der Waals surface area contributed by atoms with E-state index in [4.69, 9.17) is 4.18 Å². The van der Waals surface area contributed by atoms with Gasteiger partial charge in [0.05, 0.1) is 10.9 Å². The van der Waals surface area contributed by atoms with Crippen molar-refractivity contribution in [1.82, 2.24) is 5.32 Å². The van der Waals surface area contributed by atoms with E-state index in [9.17, 15) is 13.2 Å². The third-order valence-electron chi connectivity index (χ3n) is 4.10. The second kappa shape index (κ2) is 6.37. The van der Waals surface area contributed by atoms with Crippen molar-refractivity contribution in [3.63, 3.8) is 0 Å². The van der Waals surface area contributed by atoms with Crippen molar-refractivity contribution < 1.29 is 17.4 Å². The standard InChI is InChI=1S/C18H19NO4S/c1-12-7-9-15(10-8-12)24(21,22)23-17-11-14-5-3-4-6-16(14)18(17)19-13(2)20/h3-10,17-18H,11H2,1-2H3,(H,19,20)/t17-,18+/m0/s1. The van der Waals surface area contributed by atoms with Crippen LogP contribution in [0.15, 0.2) is 53.4 Å². The summed E-state index contributed by atoms with van der Waals surface area (Å²) in [5.41, 5.74) is 2.86. The first kappa shape index (κ1) is 16.7. The van der Waals surface area contributed by atoms with Crippen molar-refractivity contribution in [3.8, 4) is 0 Å². The summed E-state index contributed by atoms with van der Waals surface area (Å²) >= 11 is 0. The molecule has 2 aromatic rings. The molecular formula is C18H19NO4S. The Hall–Kier alpha value is -2.18. The van der Waals surface area contributed by atoms with Crippen LogP contribution >= 0.6 is 0 Å². The van der Waals surface area contributed by atoms with Crippen LogP contribution in [0.2, 0.25) is 0 Å². The molecule has 24 heavy (non-hydrogen) atoms. The normalized spacial score (nSPS) is 19.8. The van der Waals surface area contributed by atoms with Crippen molar-refractivity contribution in [1.29, 1.82) is 0 Å². The number of nitrogens with one attached hydrogen (secondary N) is 1. The molecule has 1 aliphatic carbocycles. The molecule has 6 heteroatoms. The summed E-state index contributed by atoms with van der Waals surface area (Å²) < 4.78 is 30.6. The third-order valence-corrected chi connectivity index (χ3v) is 5.45. The Bertz CT molecular complexity index is 859. The summed E-state index contributed by atoms with van der Waals surface area (Å²) in [6.45, 7) is 3.30.